The molecular formula is C13H22O. The molecule has 0 aliphatic heterocycles. The maximum absolute atomic E-state index is 11.5. The first-order valence-corrected chi connectivity index (χ1v) is 5.96. The van der Waals surface area contributed by atoms with E-state index in [0.29, 0.717) is 22.5 Å². The minimum absolute atomic E-state index is 0.392. The van der Waals surface area contributed by atoms with Crippen molar-refractivity contribution in [2.75, 3.05) is 0 Å². The third-order valence-corrected chi connectivity index (χ3v) is 4.76. The molecular weight excluding hydrogens is 172 g/mol. The molecule has 0 aromatic heterocycles. The molecule has 2 atom stereocenters. The summed E-state index contributed by atoms with van der Waals surface area (Å²) in [5.74, 6) is 1.15. The third-order valence-electron chi connectivity index (χ3n) is 4.76. The van der Waals surface area contributed by atoms with Gasteiger partial charge in [0.25, 0.3) is 0 Å². The molecule has 2 aliphatic carbocycles. The molecule has 0 spiro atoms. The summed E-state index contributed by atoms with van der Waals surface area (Å²) >= 11 is 0. The van der Waals surface area contributed by atoms with Gasteiger partial charge in [-0.15, -0.1) is 0 Å². The maximum atomic E-state index is 11.5. The predicted molar refractivity (Wildman–Crippen MR) is 58.1 cm³/mol. The molecule has 2 saturated carbocycles. The molecule has 1 nitrogen and oxygen atoms in total. The SMILES string of the molecule is CC1(C)CCCC2(C)CCC(=O)CC12. The fraction of sp³-hybridized carbons (Fsp3) is 0.923. The van der Waals surface area contributed by atoms with E-state index in [9.17, 15) is 4.79 Å². The average molecular weight is 194 g/mol. The molecule has 0 saturated heterocycles. The van der Waals surface area contributed by atoms with Gasteiger partial charge in [0.1, 0.15) is 5.78 Å². The summed E-state index contributed by atoms with van der Waals surface area (Å²) in [5.41, 5.74) is 0.860. The number of carbonyl (C=O) groups is 1. The minimum Gasteiger partial charge on any atom is -0.300 e. The molecule has 1 heteroatoms. The van der Waals surface area contributed by atoms with Crippen LogP contribution in [0.15, 0.2) is 0 Å². The first-order valence-electron chi connectivity index (χ1n) is 5.96. The van der Waals surface area contributed by atoms with E-state index in [4.69, 9.17) is 0 Å². The van der Waals surface area contributed by atoms with E-state index >= 15 is 0 Å². The predicted octanol–water partition coefficient (Wildman–Crippen LogP) is 3.57. The van der Waals surface area contributed by atoms with Crippen molar-refractivity contribution >= 4 is 5.78 Å². The molecule has 0 radical (unpaired) electrons. The van der Waals surface area contributed by atoms with Crippen molar-refractivity contribution < 1.29 is 4.79 Å². The highest BCUT2D eigenvalue weighted by molar-refractivity contribution is 5.79. The van der Waals surface area contributed by atoms with Crippen LogP contribution in [0, 0.1) is 16.7 Å². The maximum Gasteiger partial charge on any atom is 0.133 e. The Labute approximate surface area is 87.3 Å². The zero-order valence-corrected chi connectivity index (χ0v) is 9.73. The van der Waals surface area contributed by atoms with E-state index in [2.05, 4.69) is 20.8 Å². The number of hydrogen-bond acceptors (Lipinski definition) is 1. The van der Waals surface area contributed by atoms with Gasteiger partial charge in [0.2, 0.25) is 0 Å². The molecule has 2 rings (SSSR count). The largest absolute Gasteiger partial charge is 0.300 e. The summed E-state index contributed by atoms with van der Waals surface area (Å²) in [6, 6.07) is 0. The molecule has 0 aromatic carbocycles. The molecule has 2 aliphatic rings. The van der Waals surface area contributed by atoms with Crippen LogP contribution in [0.25, 0.3) is 0 Å². The quantitative estimate of drug-likeness (QED) is 0.576. The molecule has 2 unspecified atom stereocenters. The van der Waals surface area contributed by atoms with E-state index in [1.54, 1.807) is 0 Å². The summed E-state index contributed by atoms with van der Waals surface area (Å²) < 4.78 is 0. The van der Waals surface area contributed by atoms with E-state index in [1.165, 1.54) is 19.3 Å². The molecule has 0 bridgehead atoms. The van der Waals surface area contributed by atoms with Crippen LogP contribution >= 0.6 is 0 Å². The molecule has 0 heterocycles. The first-order chi connectivity index (χ1) is 6.44. The fourth-order valence-corrected chi connectivity index (χ4v) is 3.82. The van der Waals surface area contributed by atoms with Gasteiger partial charge in [0.15, 0.2) is 0 Å². The van der Waals surface area contributed by atoms with Gasteiger partial charge in [-0.2, -0.15) is 0 Å². The molecule has 0 N–H and O–H groups in total. The summed E-state index contributed by atoms with van der Waals surface area (Å²) in [6.45, 7) is 7.12. The van der Waals surface area contributed by atoms with E-state index in [-0.39, 0.29) is 0 Å². The Kier molecular flexibility index (Phi) is 2.24. The second-order valence-corrected chi connectivity index (χ2v) is 6.29. The van der Waals surface area contributed by atoms with Crippen LogP contribution in [0.4, 0.5) is 0 Å². The lowest BCUT2D eigenvalue weighted by Crippen LogP contribution is -2.46. The average Bonchev–Trinajstić information content (AvgIpc) is 2.08. The number of ketones is 1. The molecule has 0 amide bonds. The monoisotopic (exact) mass is 194 g/mol. The number of rotatable bonds is 0. The number of fused-ring (bicyclic) bond motifs is 1. The zero-order valence-electron chi connectivity index (χ0n) is 9.73. The smallest absolute Gasteiger partial charge is 0.133 e. The van der Waals surface area contributed by atoms with Crippen molar-refractivity contribution in [3.63, 3.8) is 0 Å². The molecule has 0 aromatic rings. The summed E-state index contributed by atoms with van der Waals surface area (Å²) in [4.78, 5) is 11.5. The van der Waals surface area contributed by atoms with Gasteiger partial charge in [0, 0.05) is 12.8 Å². The van der Waals surface area contributed by atoms with Gasteiger partial charge in [-0.1, -0.05) is 27.2 Å². The topological polar surface area (TPSA) is 17.1 Å². The van der Waals surface area contributed by atoms with Crippen LogP contribution < -0.4 is 0 Å². The Morgan fingerprint density at radius 3 is 2.57 bits per heavy atom. The van der Waals surface area contributed by atoms with Gasteiger partial charge in [-0.05, 0) is 36.0 Å². The lowest BCUT2D eigenvalue weighted by molar-refractivity contribution is -0.131. The molecule has 2 fully saturated rings. The van der Waals surface area contributed by atoms with Gasteiger partial charge < -0.3 is 0 Å². The van der Waals surface area contributed by atoms with Crippen molar-refractivity contribution in [1.82, 2.24) is 0 Å². The number of carbonyl (C=O) groups excluding carboxylic acids is 1. The fourth-order valence-electron chi connectivity index (χ4n) is 3.82. The van der Waals surface area contributed by atoms with Crippen LogP contribution in [0.1, 0.15) is 59.3 Å². The van der Waals surface area contributed by atoms with Crippen molar-refractivity contribution in [1.29, 1.82) is 0 Å². The van der Waals surface area contributed by atoms with Gasteiger partial charge in [-0.3, -0.25) is 4.79 Å². The van der Waals surface area contributed by atoms with E-state index in [1.807, 2.05) is 0 Å². The Morgan fingerprint density at radius 1 is 1.14 bits per heavy atom. The van der Waals surface area contributed by atoms with Crippen molar-refractivity contribution in [3.05, 3.63) is 0 Å². The Hall–Kier alpha value is -0.330. The summed E-state index contributed by atoms with van der Waals surface area (Å²) in [5, 5.41) is 0. The Morgan fingerprint density at radius 2 is 1.86 bits per heavy atom. The molecule has 14 heavy (non-hydrogen) atoms. The van der Waals surface area contributed by atoms with Crippen LogP contribution in [0.2, 0.25) is 0 Å². The second-order valence-electron chi connectivity index (χ2n) is 6.29. The Bertz CT molecular complexity index is 254. The van der Waals surface area contributed by atoms with Crippen molar-refractivity contribution in [2.45, 2.75) is 59.3 Å². The summed E-state index contributed by atoms with van der Waals surface area (Å²) in [6.07, 6.45) is 6.83. The number of hydrogen-bond donors (Lipinski definition) is 0. The van der Waals surface area contributed by atoms with Gasteiger partial charge in [0.05, 0.1) is 0 Å². The first kappa shape index (κ1) is 10.2. The van der Waals surface area contributed by atoms with Crippen molar-refractivity contribution in [2.24, 2.45) is 16.7 Å². The van der Waals surface area contributed by atoms with Crippen LogP contribution in [0.5, 0.6) is 0 Å². The lowest BCUT2D eigenvalue weighted by Gasteiger charge is -2.53. The lowest BCUT2D eigenvalue weighted by atomic mass is 9.51. The van der Waals surface area contributed by atoms with E-state index in [0.717, 1.165) is 19.3 Å². The van der Waals surface area contributed by atoms with Crippen molar-refractivity contribution in [3.8, 4) is 0 Å². The highest BCUT2D eigenvalue weighted by Crippen LogP contribution is 2.56. The highest BCUT2D eigenvalue weighted by Gasteiger charge is 2.48. The highest BCUT2D eigenvalue weighted by atomic mass is 16.1. The Balaban J connectivity index is 2.26. The third kappa shape index (κ3) is 1.51. The van der Waals surface area contributed by atoms with Crippen LogP contribution in [-0.4, -0.2) is 5.78 Å². The zero-order chi connectivity index (χ0) is 10.4. The minimum atomic E-state index is 0.392. The van der Waals surface area contributed by atoms with Crippen LogP contribution in [-0.2, 0) is 4.79 Å². The summed E-state index contributed by atoms with van der Waals surface area (Å²) in [7, 11) is 0. The number of Topliss-reactive ketones (excluding diaryl/α,β-unsaturated/α-hetero) is 1. The van der Waals surface area contributed by atoms with Gasteiger partial charge >= 0.3 is 0 Å². The second kappa shape index (κ2) is 3.08. The van der Waals surface area contributed by atoms with E-state index < -0.39 is 0 Å². The van der Waals surface area contributed by atoms with Crippen LogP contribution in [0.3, 0.4) is 0 Å². The molecule has 80 valence electrons. The standard InChI is InChI=1S/C13H22O/c1-12(2)6-4-7-13(3)8-5-10(14)9-11(12)13/h11H,4-9H2,1-3H3. The normalized spacial score (nSPS) is 41.9. The van der Waals surface area contributed by atoms with Gasteiger partial charge in [-0.25, -0.2) is 0 Å².